The van der Waals surface area contributed by atoms with Gasteiger partial charge in [0, 0.05) is 42.1 Å². The summed E-state index contributed by atoms with van der Waals surface area (Å²) in [6.45, 7) is 17.7. The molecular weight excluding hydrogens is 1110 g/mol. The number of hydrogen-bond donors (Lipinski definition) is 2. The number of aromatic nitrogens is 8. The standard InChI is InChI=1S/2C14H16N2O3.C14H14N2O3.C10H9BrN2O2.C4H6O.Li.H3N2O/c3*1-3-19-14(18)12-9-15-13-8-11(5-4-10(2)17)6-7-16(12)13;1-2-15-10(14)8-6-12-9-5-7(11)3-4-13(8)9;1-3-4(2)5;;1-2-3/h2*6-9H,3-5H2,1-2H3;4-9H,3H2,1-2H3;3-6H,2H2,1H3;3H,1H2,2H3;;3H,1H2/q;;;;;+1;-1/b;;5-4+;;;;. The number of hydrogen-bond acceptors (Lipinski definition) is 18. The molecule has 0 saturated heterocycles. The molecule has 8 aromatic rings. The predicted molar refractivity (Wildman–Crippen MR) is 300 cm³/mol. The maximum atomic E-state index is 11.7. The van der Waals surface area contributed by atoms with E-state index in [4.69, 9.17) is 24.2 Å². The Labute approximate surface area is 487 Å². The Morgan fingerprint density at radius 1 is 0.556 bits per heavy atom. The van der Waals surface area contributed by atoms with E-state index in [9.17, 15) is 38.4 Å². The van der Waals surface area contributed by atoms with Crippen molar-refractivity contribution < 1.29 is 81.4 Å². The first-order chi connectivity index (χ1) is 38.2. The number of imidazole rings is 4. The van der Waals surface area contributed by atoms with Crippen LogP contribution < -0.4 is 24.7 Å². The molecule has 0 aliphatic rings. The Bertz CT molecular complexity index is 3350. The largest absolute Gasteiger partial charge is 1.00 e. The Balaban J connectivity index is 0.000000352. The van der Waals surface area contributed by atoms with E-state index in [0.717, 1.165) is 21.2 Å². The second-order valence-electron chi connectivity index (χ2n) is 16.5. The molecule has 0 aliphatic heterocycles. The maximum Gasteiger partial charge on any atom is 1.00 e. The van der Waals surface area contributed by atoms with Crippen molar-refractivity contribution in [3.63, 3.8) is 0 Å². The van der Waals surface area contributed by atoms with E-state index < -0.39 is 5.97 Å². The fourth-order valence-electron chi connectivity index (χ4n) is 6.69. The molecular formula is C56H64BrLiN10O13. The van der Waals surface area contributed by atoms with Crippen LogP contribution in [0.15, 0.2) is 121 Å². The zero-order valence-corrected chi connectivity index (χ0v) is 48.2. The molecule has 0 amide bonds. The Morgan fingerprint density at radius 2 is 0.864 bits per heavy atom. The fraction of sp³-hybridized carbons (Fsp3) is 0.286. The first-order valence-corrected chi connectivity index (χ1v) is 25.6. The zero-order valence-electron chi connectivity index (χ0n) is 46.7. The number of Topliss-reactive ketones (excluding diaryl/α,β-unsaturated/α-hetero) is 2. The van der Waals surface area contributed by atoms with Gasteiger partial charge < -0.3 is 45.2 Å². The van der Waals surface area contributed by atoms with Gasteiger partial charge in [-0.3, -0.25) is 27.2 Å². The zero-order chi connectivity index (χ0) is 59.3. The number of fused-ring (bicyclic) bond motifs is 4. The minimum Gasteiger partial charge on any atom is -0.488 e. The summed E-state index contributed by atoms with van der Waals surface area (Å²) >= 11 is 3.34. The van der Waals surface area contributed by atoms with Crippen LogP contribution in [-0.2, 0) is 51.0 Å². The second kappa shape index (κ2) is 36.1. The van der Waals surface area contributed by atoms with E-state index >= 15 is 0 Å². The van der Waals surface area contributed by atoms with Crippen LogP contribution in [0, 0.1) is 0 Å². The number of ketones is 4. The van der Waals surface area contributed by atoms with E-state index in [2.05, 4.69) is 48.3 Å². The molecule has 0 saturated carbocycles. The molecule has 0 spiro atoms. The van der Waals surface area contributed by atoms with Gasteiger partial charge in [0.05, 0.1) is 51.2 Å². The molecule has 0 bridgehead atoms. The van der Waals surface area contributed by atoms with Crippen molar-refractivity contribution in [2.24, 2.45) is 5.84 Å². The third-order valence-electron chi connectivity index (χ3n) is 10.4. The average molecular weight is 1170 g/mol. The number of allylic oxidation sites excluding steroid dienone is 2. The Hall–Kier alpha value is -8.24. The van der Waals surface area contributed by atoms with E-state index in [1.165, 1.54) is 50.8 Å². The summed E-state index contributed by atoms with van der Waals surface area (Å²) < 4.78 is 27.4. The number of nitrogens with zero attached hydrogens (tertiary/aromatic N) is 9. The number of pyridine rings is 4. The average Bonchev–Trinajstić information content (AvgIpc) is 4.38. The molecule has 0 aromatic carbocycles. The monoisotopic (exact) mass is 1170 g/mol. The van der Waals surface area contributed by atoms with Crippen molar-refractivity contribution >= 4 is 91.6 Å². The number of carbonyl (C=O) groups excluding carboxylic acids is 8. The third-order valence-corrected chi connectivity index (χ3v) is 10.9. The molecule has 8 heterocycles. The van der Waals surface area contributed by atoms with Gasteiger partial charge in [0.1, 0.15) is 34.2 Å². The van der Waals surface area contributed by atoms with Gasteiger partial charge in [-0.1, -0.05) is 28.6 Å². The van der Waals surface area contributed by atoms with Gasteiger partial charge in [-0.2, -0.15) is 0 Å². The van der Waals surface area contributed by atoms with E-state index in [1.54, 1.807) is 102 Å². The molecule has 0 fully saturated rings. The smallest absolute Gasteiger partial charge is 0.488 e. The molecule has 8 aromatic heterocycles. The van der Waals surface area contributed by atoms with Crippen LogP contribution in [0.25, 0.3) is 34.3 Å². The number of halogens is 1. The molecule has 0 radical (unpaired) electrons. The van der Waals surface area contributed by atoms with Gasteiger partial charge >= 0.3 is 42.7 Å². The number of rotatable bonds is 17. The van der Waals surface area contributed by atoms with Crippen LogP contribution in [-0.4, -0.2) is 116 Å². The van der Waals surface area contributed by atoms with Gasteiger partial charge in [-0.25, -0.2) is 39.1 Å². The number of ether oxygens (including phenoxy) is 4. The first kappa shape index (κ1) is 68.9. The summed E-state index contributed by atoms with van der Waals surface area (Å²) in [4.78, 5) is 106. The maximum absolute atomic E-state index is 11.7. The number of aryl methyl sites for hydroxylation is 2. The molecule has 424 valence electrons. The van der Waals surface area contributed by atoms with Gasteiger partial charge in [0.15, 0.2) is 34.3 Å². The topological polar surface area (TPSA) is 303 Å². The summed E-state index contributed by atoms with van der Waals surface area (Å²) in [5.74, 6) is 2.83. The molecule has 0 unspecified atom stereocenters. The van der Waals surface area contributed by atoms with Crippen LogP contribution in [0.2, 0.25) is 0 Å². The quantitative estimate of drug-likeness (QED) is 0.0270. The first-order valence-electron chi connectivity index (χ1n) is 24.8. The molecule has 0 aliphatic carbocycles. The summed E-state index contributed by atoms with van der Waals surface area (Å²) in [7, 11) is 0. The van der Waals surface area contributed by atoms with Crippen molar-refractivity contribution in [2.75, 3.05) is 26.4 Å². The van der Waals surface area contributed by atoms with Crippen LogP contribution in [0.1, 0.15) is 127 Å². The van der Waals surface area contributed by atoms with E-state index in [0.29, 0.717) is 97.5 Å². The summed E-state index contributed by atoms with van der Waals surface area (Å²) in [5.41, 5.74) is 9.29. The Kier molecular flexibility index (Phi) is 30.7. The molecule has 23 nitrogen and oxygen atoms in total. The van der Waals surface area contributed by atoms with Gasteiger partial charge in [0.2, 0.25) is 0 Å². The Morgan fingerprint density at radius 3 is 1.17 bits per heavy atom. The van der Waals surface area contributed by atoms with Crippen molar-refractivity contribution in [3.8, 4) is 0 Å². The summed E-state index contributed by atoms with van der Waals surface area (Å²) in [6.07, 6.45) is 19.9. The van der Waals surface area contributed by atoms with E-state index in [-0.39, 0.29) is 59.9 Å². The van der Waals surface area contributed by atoms with Gasteiger partial charge in [-0.15, -0.1) is 0 Å². The second-order valence-corrected chi connectivity index (χ2v) is 17.4. The number of carbonyl (C=O) groups is 8. The molecule has 8 rings (SSSR count). The summed E-state index contributed by atoms with van der Waals surface area (Å²) in [6, 6.07) is 14.8. The summed E-state index contributed by atoms with van der Waals surface area (Å²) in [5, 5.41) is 6.97. The number of nitrogens with two attached hydrogens (primary N) is 1. The molecule has 81 heavy (non-hydrogen) atoms. The van der Waals surface area contributed by atoms with Gasteiger partial charge in [-0.05, 0) is 146 Å². The predicted octanol–water partition coefficient (Wildman–Crippen LogP) is 5.84. The van der Waals surface area contributed by atoms with Crippen molar-refractivity contribution in [1.82, 2.24) is 37.5 Å². The van der Waals surface area contributed by atoms with Crippen LogP contribution in [0.5, 0.6) is 0 Å². The SMILES string of the molecule is C=CC(C)=O.CCOC(=O)c1cnc2cc(/C=C/C(C)=O)ccn12.CCOC(=O)c1cnc2cc(Br)ccn12.CCOC(=O)c1cnc2cc(CCC(C)=O)ccn12.CCOC(=O)c1cnc2cc(CCC(C)=O)ccn12.N[N-]O.[Li+]. The van der Waals surface area contributed by atoms with Crippen LogP contribution in [0.3, 0.4) is 0 Å². The third kappa shape index (κ3) is 22.4. The minimum absolute atomic E-state index is 0. The minimum atomic E-state index is -0.401. The van der Waals surface area contributed by atoms with Crippen molar-refractivity contribution in [1.29, 1.82) is 0 Å². The van der Waals surface area contributed by atoms with Crippen LogP contribution >= 0.6 is 15.9 Å². The van der Waals surface area contributed by atoms with Crippen LogP contribution in [0.4, 0.5) is 0 Å². The molecule has 25 heteroatoms. The molecule has 3 N–H and O–H groups in total. The number of esters is 4. The van der Waals surface area contributed by atoms with E-state index in [1.807, 2.05) is 42.0 Å². The normalized spacial score (nSPS) is 10.2. The van der Waals surface area contributed by atoms with Crippen molar-refractivity contribution in [2.45, 2.75) is 81.1 Å². The van der Waals surface area contributed by atoms with Gasteiger partial charge in [0.25, 0.3) is 0 Å². The molecule has 0 atom stereocenters. The van der Waals surface area contributed by atoms with Crippen molar-refractivity contribution in [3.05, 3.63) is 166 Å². The fourth-order valence-corrected chi connectivity index (χ4v) is 7.01.